The number of hydrogen-bond acceptors (Lipinski definition) is 4. The third-order valence-electron chi connectivity index (χ3n) is 2.58. The Morgan fingerprint density at radius 3 is 3.00 bits per heavy atom. The molecule has 2 rings (SSSR count). The quantitative estimate of drug-likeness (QED) is 0.817. The maximum absolute atomic E-state index is 5.51. The van der Waals surface area contributed by atoms with Crippen LogP contribution in [0.3, 0.4) is 0 Å². The van der Waals surface area contributed by atoms with Crippen molar-refractivity contribution in [2.45, 2.75) is 12.8 Å². The Morgan fingerprint density at radius 1 is 1.41 bits per heavy atom. The summed E-state index contributed by atoms with van der Waals surface area (Å²) in [6.07, 6.45) is 3.72. The number of nitrogens with one attached hydrogen (secondary N) is 1. The summed E-state index contributed by atoms with van der Waals surface area (Å²) < 4.78 is 1.70. The molecular weight excluding hydrogens is 214 g/mol. The Hall–Kier alpha value is -1.88. The van der Waals surface area contributed by atoms with Crippen molar-refractivity contribution in [1.82, 2.24) is 15.0 Å². The lowest BCUT2D eigenvalue weighted by atomic mass is 10.1. The number of nitrogens with zero attached hydrogens (tertiary/aromatic N) is 3. The van der Waals surface area contributed by atoms with Gasteiger partial charge in [0.1, 0.15) is 5.82 Å². The first-order valence-electron chi connectivity index (χ1n) is 5.70. The van der Waals surface area contributed by atoms with Gasteiger partial charge in [0, 0.05) is 12.7 Å². The van der Waals surface area contributed by atoms with Crippen LogP contribution in [0.15, 0.2) is 30.5 Å². The molecule has 5 heteroatoms. The van der Waals surface area contributed by atoms with Gasteiger partial charge < -0.3 is 11.1 Å². The molecule has 1 aromatic carbocycles. The van der Waals surface area contributed by atoms with Gasteiger partial charge in [-0.3, -0.25) is 0 Å². The van der Waals surface area contributed by atoms with Crippen LogP contribution in [0, 0.1) is 0 Å². The van der Waals surface area contributed by atoms with Crippen LogP contribution in [0.25, 0.3) is 0 Å². The average Bonchev–Trinajstić information content (AvgIpc) is 2.73. The molecule has 0 fully saturated rings. The Kier molecular flexibility index (Phi) is 3.72. The third-order valence-corrected chi connectivity index (χ3v) is 2.58. The van der Waals surface area contributed by atoms with Crippen molar-refractivity contribution < 1.29 is 0 Å². The minimum absolute atomic E-state index is 0.726. The highest BCUT2D eigenvalue weighted by Gasteiger charge is 2.00. The number of rotatable bonds is 5. The zero-order valence-electron chi connectivity index (χ0n) is 9.93. The molecular formula is C12H17N5. The number of nitrogens with two attached hydrogens (primary N) is 1. The normalized spacial score (nSPS) is 10.5. The molecule has 0 saturated carbocycles. The summed E-state index contributed by atoms with van der Waals surface area (Å²) in [7, 11) is 1.85. The van der Waals surface area contributed by atoms with E-state index in [0.717, 1.165) is 30.9 Å². The Morgan fingerprint density at radius 2 is 2.29 bits per heavy atom. The first kappa shape index (κ1) is 11.6. The van der Waals surface area contributed by atoms with Crippen molar-refractivity contribution >= 4 is 11.5 Å². The van der Waals surface area contributed by atoms with E-state index >= 15 is 0 Å². The van der Waals surface area contributed by atoms with Crippen molar-refractivity contribution in [2.24, 2.45) is 12.8 Å². The summed E-state index contributed by atoms with van der Waals surface area (Å²) >= 11 is 0. The van der Waals surface area contributed by atoms with Gasteiger partial charge in [0.05, 0.1) is 6.20 Å². The first-order valence-corrected chi connectivity index (χ1v) is 5.70. The minimum Gasteiger partial charge on any atom is -0.339 e. The summed E-state index contributed by atoms with van der Waals surface area (Å²) in [6.45, 7) is 0.726. The van der Waals surface area contributed by atoms with E-state index in [1.165, 1.54) is 5.56 Å². The van der Waals surface area contributed by atoms with E-state index in [1.807, 2.05) is 19.2 Å². The molecule has 0 spiro atoms. The molecule has 0 bridgehead atoms. The third kappa shape index (κ3) is 3.04. The van der Waals surface area contributed by atoms with Crippen LogP contribution >= 0.6 is 0 Å². The minimum atomic E-state index is 0.726. The van der Waals surface area contributed by atoms with Gasteiger partial charge in [-0.2, -0.15) is 0 Å². The van der Waals surface area contributed by atoms with Crippen LogP contribution in [-0.4, -0.2) is 21.5 Å². The number of benzene rings is 1. The van der Waals surface area contributed by atoms with Gasteiger partial charge in [0.2, 0.25) is 0 Å². The molecule has 0 radical (unpaired) electrons. The van der Waals surface area contributed by atoms with Gasteiger partial charge in [0.15, 0.2) is 0 Å². The van der Waals surface area contributed by atoms with Crippen LogP contribution in [-0.2, 0) is 13.5 Å². The Balaban J connectivity index is 2.08. The highest BCUT2D eigenvalue weighted by Crippen LogP contribution is 2.16. The smallest absolute Gasteiger partial charge is 0.148 e. The monoisotopic (exact) mass is 231 g/mol. The molecule has 1 aromatic heterocycles. The predicted octanol–water partition coefficient (Wildman–Crippen LogP) is 1.45. The molecule has 0 amide bonds. The summed E-state index contributed by atoms with van der Waals surface area (Å²) in [6, 6.07) is 8.31. The number of anilines is 2. The molecule has 2 aromatic rings. The first-order chi connectivity index (χ1) is 8.29. The van der Waals surface area contributed by atoms with E-state index in [1.54, 1.807) is 10.9 Å². The topological polar surface area (TPSA) is 68.8 Å². The number of aryl methyl sites for hydroxylation is 2. The fourth-order valence-corrected chi connectivity index (χ4v) is 1.66. The van der Waals surface area contributed by atoms with Gasteiger partial charge in [0.25, 0.3) is 0 Å². The van der Waals surface area contributed by atoms with Crippen LogP contribution in [0.5, 0.6) is 0 Å². The van der Waals surface area contributed by atoms with Crippen molar-refractivity contribution in [1.29, 1.82) is 0 Å². The largest absolute Gasteiger partial charge is 0.339 e. The second kappa shape index (κ2) is 5.45. The van der Waals surface area contributed by atoms with E-state index in [2.05, 4.69) is 27.8 Å². The summed E-state index contributed by atoms with van der Waals surface area (Å²) in [4.78, 5) is 0. The second-order valence-corrected chi connectivity index (χ2v) is 3.96. The molecule has 3 N–H and O–H groups in total. The molecule has 0 aliphatic carbocycles. The zero-order chi connectivity index (χ0) is 12.1. The van der Waals surface area contributed by atoms with Gasteiger partial charge in [-0.15, -0.1) is 5.10 Å². The molecule has 0 aliphatic heterocycles. The van der Waals surface area contributed by atoms with E-state index in [0.29, 0.717) is 0 Å². The summed E-state index contributed by atoms with van der Waals surface area (Å²) in [5.74, 6) is 0.876. The fraction of sp³-hybridized carbons (Fsp3) is 0.333. The molecule has 5 nitrogen and oxygen atoms in total. The van der Waals surface area contributed by atoms with E-state index < -0.39 is 0 Å². The SMILES string of the molecule is Cn1nncc1Nc1cccc(CCCN)c1. The Labute approximate surface area is 101 Å². The van der Waals surface area contributed by atoms with Crippen molar-refractivity contribution in [3.63, 3.8) is 0 Å². The highest BCUT2D eigenvalue weighted by molar-refractivity contribution is 5.56. The lowest BCUT2D eigenvalue weighted by Crippen LogP contribution is -2.01. The van der Waals surface area contributed by atoms with E-state index in [4.69, 9.17) is 5.73 Å². The molecule has 0 atom stereocenters. The predicted molar refractivity (Wildman–Crippen MR) is 68.1 cm³/mol. The van der Waals surface area contributed by atoms with Crippen LogP contribution < -0.4 is 11.1 Å². The van der Waals surface area contributed by atoms with Crippen LogP contribution in [0.4, 0.5) is 11.5 Å². The lowest BCUT2D eigenvalue weighted by molar-refractivity contribution is 0.721. The maximum atomic E-state index is 5.51. The molecule has 90 valence electrons. The standard InChI is InChI=1S/C12H17N5/c1-17-12(9-14-16-17)15-11-6-2-4-10(8-11)5-3-7-13/h2,4,6,8-9,15H,3,5,7,13H2,1H3. The van der Waals surface area contributed by atoms with E-state index in [9.17, 15) is 0 Å². The summed E-state index contributed by atoms with van der Waals surface area (Å²) in [5.41, 5.74) is 7.84. The van der Waals surface area contributed by atoms with Crippen LogP contribution in [0.2, 0.25) is 0 Å². The van der Waals surface area contributed by atoms with Crippen molar-refractivity contribution in [3.8, 4) is 0 Å². The fourth-order valence-electron chi connectivity index (χ4n) is 1.66. The number of hydrogen-bond donors (Lipinski definition) is 2. The molecule has 0 aliphatic rings. The second-order valence-electron chi connectivity index (χ2n) is 3.96. The highest BCUT2D eigenvalue weighted by atomic mass is 15.4. The van der Waals surface area contributed by atoms with Crippen molar-refractivity contribution in [3.05, 3.63) is 36.0 Å². The molecule has 0 unspecified atom stereocenters. The van der Waals surface area contributed by atoms with Gasteiger partial charge >= 0.3 is 0 Å². The Bertz CT molecular complexity index is 477. The lowest BCUT2D eigenvalue weighted by Gasteiger charge is -2.07. The maximum Gasteiger partial charge on any atom is 0.148 e. The van der Waals surface area contributed by atoms with Gasteiger partial charge in [-0.1, -0.05) is 17.3 Å². The van der Waals surface area contributed by atoms with Gasteiger partial charge in [-0.05, 0) is 37.1 Å². The average molecular weight is 231 g/mol. The zero-order valence-corrected chi connectivity index (χ0v) is 9.93. The number of aromatic nitrogens is 3. The van der Waals surface area contributed by atoms with Crippen LogP contribution in [0.1, 0.15) is 12.0 Å². The summed E-state index contributed by atoms with van der Waals surface area (Å²) in [5, 5.41) is 11.0. The van der Waals surface area contributed by atoms with Crippen molar-refractivity contribution in [2.75, 3.05) is 11.9 Å². The molecule has 1 heterocycles. The van der Waals surface area contributed by atoms with E-state index in [-0.39, 0.29) is 0 Å². The van der Waals surface area contributed by atoms with Gasteiger partial charge in [-0.25, -0.2) is 4.68 Å². The molecule has 17 heavy (non-hydrogen) atoms. The molecule has 0 saturated heterocycles.